The molecule has 26 heteroatoms. The number of hydrogen-bond donors (Lipinski definition) is 2. The van der Waals surface area contributed by atoms with Crippen LogP contribution < -0.4 is 9.47 Å². The molecule has 0 spiro atoms. The van der Waals surface area contributed by atoms with Crippen LogP contribution in [0.15, 0.2) is 133 Å². The number of pyridine rings is 2. The molecule has 0 radical (unpaired) electrons. The molecule has 0 bridgehead atoms. The molecule has 10 rings (SSSR count). The van der Waals surface area contributed by atoms with Crippen molar-refractivity contribution in [2.24, 2.45) is 0 Å². The van der Waals surface area contributed by atoms with Gasteiger partial charge in [-0.3, -0.25) is 0 Å². The van der Waals surface area contributed by atoms with Crippen molar-refractivity contribution in [3.05, 3.63) is 225 Å². The van der Waals surface area contributed by atoms with Gasteiger partial charge in [-0.15, -0.1) is 0 Å². The minimum atomic E-state index is -3.05. The zero-order chi connectivity index (χ0) is 64.5. The molecule has 0 aliphatic rings. The van der Waals surface area contributed by atoms with E-state index in [1.54, 1.807) is 0 Å². The van der Waals surface area contributed by atoms with Crippen LogP contribution in [0.2, 0.25) is 0 Å². The van der Waals surface area contributed by atoms with Crippen molar-refractivity contribution in [1.29, 1.82) is 10.5 Å². The lowest BCUT2D eigenvalue weighted by atomic mass is 10.0. The predicted octanol–water partition coefficient (Wildman–Crippen LogP) is 13.8. The molecule has 16 nitrogen and oxygen atoms in total. The molecular formula is C64H46F10N8O8. The predicted molar refractivity (Wildman–Crippen MR) is 302 cm³/mol. The van der Waals surface area contributed by atoms with Crippen LogP contribution in [-0.2, 0) is 48.6 Å². The van der Waals surface area contributed by atoms with Gasteiger partial charge in [-0.2, -0.15) is 28.1 Å². The number of halogens is 10. The number of carboxylic acids is 2. The number of nitrogens with zero attached hydrogens (tertiary/aromatic N) is 8. The first kappa shape index (κ1) is 63.8. The van der Waals surface area contributed by atoms with Crippen molar-refractivity contribution in [1.82, 2.24) is 29.1 Å². The number of imidazole rings is 2. The van der Waals surface area contributed by atoms with Crippen molar-refractivity contribution in [2.75, 3.05) is 0 Å². The van der Waals surface area contributed by atoms with Gasteiger partial charge in [0.05, 0.1) is 93.1 Å². The third kappa shape index (κ3) is 15.3. The van der Waals surface area contributed by atoms with Gasteiger partial charge in [-0.1, -0.05) is 24.3 Å². The maximum atomic E-state index is 15.4. The second kappa shape index (κ2) is 28.0. The van der Waals surface area contributed by atoms with E-state index in [4.69, 9.17) is 20.0 Å². The largest absolute Gasteiger partial charge is 0.478 e. The molecule has 4 heterocycles. The lowest BCUT2D eigenvalue weighted by molar-refractivity contribution is -0.161. The zero-order valence-electron chi connectivity index (χ0n) is 47.0. The Bertz CT molecular complexity index is 4160. The summed E-state index contributed by atoms with van der Waals surface area (Å²) >= 11 is 0. The van der Waals surface area contributed by atoms with Crippen LogP contribution in [0, 0.1) is 57.6 Å². The molecule has 460 valence electrons. The van der Waals surface area contributed by atoms with Crippen LogP contribution in [0.5, 0.6) is 11.8 Å². The number of carbonyl (C=O) groups is 2. The molecule has 2 unspecified atom stereocenters. The first-order valence-electron chi connectivity index (χ1n) is 26.9. The number of ether oxygens (including phenoxy) is 4. The summed E-state index contributed by atoms with van der Waals surface area (Å²) < 4.78 is 165. The van der Waals surface area contributed by atoms with Crippen molar-refractivity contribution in [2.45, 2.75) is 78.4 Å². The van der Waals surface area contributed by atoms with E-state index < -0.39 is 72.3 Å². The van der Waals surface area contributed by atoms with Gasteiger partial charge in [0.2, 0.25) is 11.8 Å². The third-order valence-electron chi connectivity index (χ3n) is 13.8. The van der Waals surface area contributed by atoms with Crippen LogP contribution >= 0.6 is 0 Å². The van der Waals surface area contributed by atoms with Gasteiger partial charge < -0.3 is 38.3 Å². The number of aromatic nitrogens is 6. The minimum Gasteiger partial charge on any atom is -0.478 e. The van der Waals surface area contributed by atoms with Crippen LogP contribution in [-0.4, -0.2) is 76.7 Å². The molecule has 0 amide bonds. The summed E-state index contributed by atoms with van der Waals surface area (Å²) in [6.07, 6.45) is -2.55. The average Bonchev–Trinajstić information content (AvgIpc) is 1.67. The summed E-state index contributed by atoms with van der Waals surface area (Å²) in [7, 11) is 0. The molecule has 0 aliphatic carbocycles. The highest BCUT2D eigenvalue weighted by Crippen LogP contribution is 2.32. The van der Waals surface area contributed by atoms with E-state index in [-0.39, 0.29) is 130 Å². The summed E-state index contributed by atoms with van der Waals surface area (Å²) in [5, 5.41) is 36.6. The molecule has 6 aromatic carbocycles. The minimum absolute atomic E-state index is 0.0229. The zero-order valence-corrected chi connectivity index (χ0v) is 47.0. The standard InChI is InChI=1S/2C32H23F5N4O4/c2*1-17(45-32(36)37)15-41-28-11-19(31(42)43)7-8-27(28)39-29(41)12-21-10-25(35)22(13-24(21)34)26-3-2-4-30(40-26)44-16-20-6-5-18(14-38)9-23(20)33/h2*2-11,13,17,32H,12,15-16H2,1H3,(H,42,43). The number of hydrogen-bond acceptors (Lipinski definition) is 12. The normalized spacial score (nSPS) is 12.0. The Hall–Kier alpha value is -10.7. The maximum Gasteiger partial charge on any atom is 0.345 e. The van der Waals surface area contributed by atoms with Crippen molar-refractivity contribution in [3.8, 4) is 46.4 Å². The number of aromatic carboxylic acids is 2. The van der Waals surface area contributed by atoms with Gasteiger partial charge in [0.25, 0.3) is 0 Å². The van der Waals surface area contributed by atoms with Crippen LogP contribution in [0.25, 0.3) is 44.6 Å². The molecule has 90 heavy (non-hydrogen) atoms. The monoisotopic (exact) mass is 1240 g/mol. The quantitative estimate of drug-likeness (QED) is 0.0603. The number of nitriles is 2. The SMILES string of the molecule is CC(Cn1c(Cc2cc(F)c(-c3cccc(OCc4ccc(C#N)cc4F)n3)cc2F)nc2ccc(C(=O)O)cc21)OC(F)F.CC(Cn1c(Cc2cc(F)c(-c3cccc(OCc4ccc(C#N)cc4F)n3)cc2F)nc2ccc(C(=O)O)cc21)OC(F)F. The number of fused-ring (bicyclic) bond motifs is 2. The molecule has 4 aromatic heterocycles. The van der Waals surface area contributed by atoms with Crippen LogP contribution in [0.4, 0.5) is 43.9 Å². The fraction of sp³-hybridized carbons (Fsp3) is 0.188. The smallest absolute Gasteiger partial charge is 0.345 e. The van der Waals surface area contributed by atoms with E-state index >= 15 is 17.6 Å². The molecule has 0 aliphatic heterocycles. The van der Waals surface area contributed by atoms with Gasteiger partial charge in [0.1, 0.15) is 59.8 Å². The van der Waals surface area contributed by atoms with Gasteiger partial charge in [0, 0.05) is 47.2 Å². The lowest BCUT2D eigenvalue weighted by Gasteiger charge is -2.16. The second-order valence-electron chi connectivity index (χ2n) is 20.0. The second-order valence-corrected chi connectivity index (χ2v) is 20.0. The average molecular weight is 1250 g/mol. The van der Waals surface area contributed by atoms with E-state index in [0.29, 0.717) is 22.1 Å². The Kier molecular flexibility index (Phi) is 19.8. The molecule has 0 saturated heterocycles. The molecule has 0 fully saturated rings. The molecule has 0 saturated carbocycles. The number of benzene rings is 6. The first-order chi connectivity index (χ1) is 43.0. The number of rotatable bonds is 22. The third-order valence-corrected chi connectivity index (χ3v) is 13.8. The number of carboxylic acid groups (broad SMARTS) is 2. The van der Waals surface area contributed by atoms with E-state index in [2.05, 4.69) is 29.4 Å². The summed E-state index contributed by atoms with van der Waals surface area (Å²) in [4.78, 5) is 40.3. The Balaban J connectivity index is 0.000000213. The highest BCUT2D eigenvalue weighted by molar-refractivity contribution is 5.93. The van der Waals surface area contributed by atoms with E-state index in [0.717, 1.165) is 36.4 Å². The Morgan fingerprint density at radius 3 is 1.23 bits per heavy atom. The van der Waals surface area contributed by atoms with Crippen molar-refractivity contribution >= 4 is 34.0 Å². The van der Waals surface area contributed by atoms with Gasteiger partial charge in [-0.25, -0.2) is 55.9 Å². The topological polar surface area (TPSA) is 221 Å². The molecular weight excluding hydrogens is 1200 g/mol. The van der Waals surface area contributed by atoms with E-state index in [1.807, 2.05) is 12.1 Å². The summed E-state index contributed by atoms with van der Waals surface area (Å²) in [5.41, 5.74) is 1.30. The first-order valence-corrected chi connectivity index (χ1v) is 26.9. The van der Waals surface area contributed by atoms with Gasteiger partial charge >= 0.3 is 25.2 Å². The van der Waals surface area contributed by atoms with Crippen molar-refractivity contribution < 1.29 is 82.7 Å². The Morgan fingerprint density at radius 2 is 0.878 bits per heavy atom. The molecule has 2 N–H and O–H groups in total. The maximum absolute atomic E-state index is 15.4. The van der Waals surface area contributed by atoms with Crippen LogP contribution in [0.1, 0.15) is 79.6 Å². The lowest BCUT2D eigenvalue weighted by Crippen LogP contribution is -2.21. The highest BCUT2D eigenvalue weighted by Gasteiger charge is 2.24. The van der Waals surface area contributed by atoms with E-state index in [1.165, 1.54) is 120 Å². The molecule has 10 aromatic rings. The fourth-order valence-electron chi connectivity index (χ4n) is 9.48. The summed E-state index contributed by atoms with van der Waals surface area (Å²) in [6, 6.07) is 32.3. The highest BCUT2D eigenvalue weighted by atomic mass is 19.3. The summed E-state index contributed by atoms with van der Waals surface area (Å²) in [5.74, 6) is -6.56. The van der Waals surface area contributed by atoms with Crippen molar-refractivity contribution in [3.63, 3.8) is 0 Å². The van der Waals surface area contributed by atoms with Gasteiger partial charge in [0.15, 0.2) is 0 Å². The Morgan fingerprint density at radius 1 is 0.489 bits per heavy atom. The van der Waals surface area contributed by atoms with Gasteiger partial charge in [-0.05, 0) is 122 Å². The van der Waals surface area contributed by atoms with E-state index in [9.17, 15) is 46.1 Å². The number of alkyl halides is 4. The van der Waals surface area contributed by atoms with Crippen LogP contribution in [0.3, 0.4) is 0 Å². The fourth-order valence-corrected chi connectivity index (χ4v) is 9.48. The molecule has 2 atom stereocenters. The summed E-state index contributed by atoms with van der Waals surface area (Å²) in [6.45, 7) is -4.09. The Labute approximate surface area is 504 Å².